The number of nitrogens with zero attached hydrogens (tertiary/aromatic N) is 1. The number of aliphatic hydroxyl groups is 1. The lowest BCUT2D eigenvalue weighted by atomic mass is 10.1. The Morgan fingerprint density at radius 1 is 1.30 bits per heavy atom. The highest BCUT2D eigenvalue weighted by Crippen LogP contribution is 2.19. The minimum absolute atomic E-state index is 0.0385. The summed E-state index contributed by atoms with van der Waals surface area (Å²) in [6.07, 6.45) is 0.984. The first-order valence-corrected chi connectivity index (χ1v) is 7.26. The van der Waals surface area contributed by atoms with Crippen LogP contribution < -0.4 is 16.8 Å². The van der Waals surface area contributed by atoms with Crippen LogP contribution in [-0.4, -0.2) is 70.1 Å². The van der Waals surface area contributed by atoms with Crippen LogP contribution >= 0.6 is 0 Å². The number of rotatable bonds is 8. The Hall–Kier alpha value is -2.20. The monoisotopic (exact) mass is 330 g/mol. The van der Waals surface area contributed by atoms with E-state index in [9.17, 15) is 19.2 Å². The number of primary amides is 1. The Morgan fingerprint density at radius 2 is 1.96 bits per heavy atom. The SMILES string of the molecule is NC(=O)CCC(N)C(=O)N1CCCC1C(=O)NC(CO)C(=O)O. The fourth-order valence-corrected chi connectivity index (χ4v) is 2.39. The molecule has 3 amide bonds. The minimum atomic E-state index is -1.43. The average Bonchev–Trinajstić information content (AvgIpc) is 2.98. The second kappa shape index (κ2) is 8.44. The normalized spacial score (nSPS) is 19.9. The molecule has 0 aromatic rings. The van der Waals surface area contributed by atoms with Crippen molar-refractivity contribution in [1.29, 1.82) is 0 Å². The Balaban J connectivity index is 2.68. The number of aliphatic carboxylic acids is 1. The van der Waals surface area contributed by atoms with Gasteiger partial charge < -0.3 is 31.9 Å². The Labute approximate surface area is 132 Å². The Kier molecular flexibility index (Phi) is 6.91. The first kappa shape index (κ1) is 18.8. The summed E-state index contributed by atoms with van der Waals surface area (Å²) in [5.41, 5.74) is 10.7. The van der Waals surface area contributed by atoms with Crippen LogP contribution in [0.4, 0.5) is 0 Å². The second-order valence-electron chi connectivity index (χ2n) is 5.38. The predicted molar refractivity (Wildman–Crippen MR) is 77.8 cm³/mol. The molecule has 23 heavy (non-hydrogen) atoms. The fraction of sp³-hybridized carbons (Fsp3) is 0.692. The van der Waals surface area contributed by atoms with E-state index in [1.807, 2.05) is 0 Å². The highest BCUT2D eigenvalue weighted by Gasteiger charge is 2.37. The van der Waals surface area contributed by atoms with E-state index >= 15 is 0 Å². The van der Waals surface area contributed by atoms with Crippen LogP contribution in [0.15, 0.2) is 0 Å². The molecule has 0 saturated carbocycles. The first-order valence-electron chi connectivity index (χ1n) is 7.26. The van der Waals surface area contributed by atoms with Gasteiger partial charge in [-0.15, -0.1) is 0 Å². The molecule has 1 aliphatic rings. The third-order valence-electron chi connectivity index (χ3n) is 3.65. The van der Waals surface area contributed by atoms with Crippen molar-refractivity contribution in [2.45, 2.75) is 43.8 Å². The Bertz CT molecular complexity index is 483. The predicted octanol–water partition coefficient (Wildman–Crippen LogP) is -2.87. The van der Waals surface area contributed by atoms with Gasteiger partial charge in [0.2, 0.25) is 17.7 Å². The number of hydrogen-bond donors (Lipinski definition) is 5. The van der Waals surface area contributed by atoms with Gasteiger partial charge in [0.1, 0.15) is 12.1 Å². The summed E-state index contributed by atoms with van der Waals surface area (Å²) < 4.78 is 0. The molecule has 1 fully saturated rings. The number of carboxylic acids is 1. The van der Waals surface area contributed by atoms with E-state index in [4.69, 9.17) is 21.7 Å². The smallest absolute Gasteiger partial charge is 0.328 e. The van der Waals surface area contributed by atoms with Crippen molar-refractivity contribution in [3.8, 4) is 0 Å². The summed E-state index contributed by atoms with van der Waals surface area (Å²) in [5, 5.41) is 19.9. The van der Waals surface area contributed by atoms with Gasteiger partial charge in [0.05, 0.1) is 12.6 Å². The number of amides is 3. The molecule has 1 saturated heterocycles. The van der Waals surface area contributed by atoms with Crippen molar-refractivity contribution < 1.29 is 29.4 Å². The second-order valence-corrected chi connectivity index (χ2v) is 5.38. The van der Waals surface area contributed by atoms with E-state index in [2.05, 4.69) is 5.32 Å². The summed E-state index contributed by atoms with van der Waals surface area (Å²) in [5.74, 6) is -3.08. The zero-order valence-electron chi connectivity index (χ0n) is 12.6. The molecule has 0 aromatic carbocycles. The number of carboxylic acid groups (broad SMARTS) is 1. The van der Waals surface area contributed by atoms with Crippen LogP contribution in [0.1, 0.15) is 25.7 Å². The third kappa shape index (κ3) is 5.18. The first-order chi connectivity index (χ1) is 10.8. The highest BCUT2D eigenvalue weighted by molar-refractivity contribution is 5.92. The molecule has 7 N–H and O–H groups in total. The van der Waals surface area contributed by atoms with Crippen molar-refractivity contribution >= 4 is 23.7 Å². The van der Waals surface area contributed by atoms with Gasteiger partial charge in [-0.05, 0) is 19.3 Å². The largest absolute Gasteiger partial charge is 0.480 e. The van der Waals surface area contributed by atoms with Gasteiger partial charge in [0, 0.05) is 13.0 Å². The molecule has 130 valence electrons. The molecule has 0 aromatic heterocycles. The molecule has 1 rings (SSSR count). The zero-order chi connectivity index (χ0) is 17.6. The summed E-state index contributed by atoms with van der Waals surface area (Å²) in [6, 6.07) is -3.22. The molecule has 1 aliphatic heterocycles. The van der Waals surface area contributed by atoms with E-state index in [1.54, 1.807) is 0 Å². The number of nitrogens with one attached hydrogen (secondary N) is 1. The van der Waals surface area contributed by atoms with Crippen LogP contribution in [0, 0.1) is 0 Å². The maximum atomic E-state index is 12.3. The van der Waals surface area contributed by atoms with Crippen molar-refractivity contribution in [2.24, 2.45) is 11.5 Å². The molecule has 0 spiro atoms. The van der Waals surface area contributed by atoms with E-state index in [0.717, 1.165) is 0 Å². The quantitative estimate of drug-likeness (QED) is 0.317. The van der Waals surface area contributed by atoms with Gasteiger partial charge in [0.25, 0.3) is 0 Å². The van der Waals surface area contributed by atoms with E-state index < -0.39 is 48.4 Å². The van der Waals surface area contributed by atoms with Gasteiger partial charge in [-0.2, -0.15) is 0 Å². The lowest BCUT2D eigenvalue weighted by Crippen LogP contribution is -2.54. The molecule has 10 nitrogen and oxygen atoms in total. The van der Waals surface area contributed by atoms with E-state index in [1.165, 1.54) is 4.90 Å². The maximum Gasteiger partial charge on any atom is 0.328 e. The number of hydrogen-bond acceptors (Lipinski definition) is 6. The maximum absolute atomic E-state index is 12.3. The highest BCUT2D eigenvalue weighted by atomic mass is 16.4. The van der Waals surface area contributed by atoms with Crippen LogP contribution in [-0.2, 0) is 19.2 Å². The lowest BCUT2D eigenvalue weighted by molar-refractivity contribution is -0.145. The van der Waals surface area contributed by atoms with Gasteiger partial charge in [0.15, 0.2) is 0 Å². The lowest BCUT2D eigenvalue weighted by Gasteiger charge is -2.27. The number of likely N-dealkylation sites (tertiary alicyclic amines) is 1. The third-order valence-corrected chi connectivity index (χ3v) is 3.65. The molecule has 0 aliphatic carbocycles. The van der Waals surface area contributed by atoms with E-state index in [0.29, 0.717) is 19.4 Å². The molecular formula is C13H22N4O6. The van der Waals surface area contributed by atoms with Crippen LogP contribution in [0.2, 0.25) is 0 Å². The minimum Gasteiger partial charge on any atom is -0.480 e. The number of nitrogens with two attached hydrogens (primary N) is 2. The van der Waals surface area contributed by atoms with Crippen LogP contribution in [0.5, 0.6) is 0 Å². The van der Waals surface area contributed by atoms with Crippen molar-refractivity contribution in [1.82, 2.24) is 10.2 Å². The summed E-state index contributed by atoms with van der Waals surface area (Å²) >= 11 is 0. The summed E-state index contributed by atoms with van der Waals surface area (Å²) in [4.78, 5) is 47.2. The molecule has 3 atom stereocenters. The van der Waals surface area contributed by atoms with Crippen molar-refractivity contribution in [2.75, 3.05) is 13.2 Å². The van der Waals surface area contributed by atoms with Crippen LogP contribution in [0.3, 0.4) is 0 Å². The number of carbonyl (C=O) groups is 4. The number of aliphatic hydroxyl groups excluding tert-OH is 1. The topological polar surface area (TPSA) is 176 Å². The molecule has 1 heterocycles. The van der Waals surface area contributed by atoms with Crippen molar-refractivity contribution in [3.63, 3.8) is 0 Å². The fourth-order valence-electron chi connectivity index (χ4n) is 2.39. The van der Waals surface area contributed by atoms with Gasteiger partial charge in [-0.25, -0.2) is 4.79 Å². The molecule has 3 unspecified atom stereocenters. The molecule has 0 radical (unpaired) electrons. The Morgan fingerprint density at radius 3 is 2.48 bits per heavy atom. The zero-order valence-corrected chi connectivity index (χ0v) is 12.6. The molecular weight excluding hydrogens is 308 g/mol. The van der Waals surface area contributed by atoms with Gasteiger partial charge in [-0.3, -0.25) is 14.4 Å². The standard InChI is InChI=1S/C13H22N4O6/c14-7(3-4-10(15)19)12(21)17-5-1-2-9(17)11(20)16-8(6-18)13(22)23/h7-9,18H,1-6,14H2,(H2,15,19)(H,16,20)(H,22,23). The van der Waals surface area contributed by atoms with Gasteiger partial charge in [-0.1, -0.05) is 0 Å². The number of carbonyl (C=O) groups excluding carboxylic acids is 3. The van der Waals surface area contributed by atoms with Gasteiger partial charge >= 0.3 is 5.97 Å². The summed E-state index contributed by atoms with van der Waals surface area (Å²) in [6.45, 7) is -0.433. The van der Waals surface area contributed by atoms with E-state index in [-0.39, 0.29) is 12.8 Å². The van der Waals surface area contributed by atoms with Crippen LogP contribution in [0.25, 0.3) is 0 Å². The molecule has 0 bridgehead atoms. The average molecular weight is 330 g/mol. The molecule has 10 heteroatoms. The summed E-state index contributed by atoms with van der Waals surface area (Å²) in [7, 11) is 0. The van der Waals surface area contributed by atoms with Crippen molar-refractivity contribution in [3.05, 3.63) is 0 Å².